The number of ether oxygens (including phenoxy) is 1. The molecule has 2 amide bonds. The molecule has 2 N–H and O–H groups in total. The van der Waals surface area contributed by atoms with Gasteiger partial charge in [-0.05, 0) is 55.0 Å². The third kappa shape index (κ3) is 6.04. The zero-order chi connectivity index (χ0) is 22.4. The molecule has 1 aliphatic rings. The number of sulfonamides is 1. The lowest BCUT2D eigenvalue weighted by molar-refractivity contribution is -0.122. The molecule has 166 valence electrons. The molecule has 0 bridgehead atoms. The minimum absolute atomic E-state index is 0.103. The third-order valence-electron chi connectivity index (χ3n) is 4.88. The van der Waals surface area contributed by atoms with E-state index in [0.29, 0.717) is 29.4 Å². The van der Waals surface area contributed by atoms with E-state index in [9.17, 15) is 18.0 Å². The fourth-order valence-electron chi connectivity index (χ4n) is 3.22. The van der Waals surface area contributed by atoms with Crippen LogP contribution in [0.25, 0.3) is 0 Å². The fraction of sp³-hybridized carbons (Fsp3) is 0.333. The lowest BCUT2D eigenvalue weighted by atomic mass is 10.1. The van der Waals surface area contributed by atoms with Crippen LogP contribution in [-0.2, 0) is 24.3 Å². The third-order valence-corrected chi connectivity index (χ3v) is 6.61. The summed E-state index contributed by atoms with van der Waals surface area (Å²) >= 11 is 5.89. The maximum absolute atomic E-state index is 12.6. The molecule has 1 unspecified atom stereocenters. The van der Waals surface area contributed by atoms with Gasteiger partial charge in [0.15, 0.2) is 0 Å². The van der Waals surface area contributed by atoms with Crippen LogP contribution in [0.1, 0.15) is 12.8 Å². The summed E-state index contributed by atoms with van der Waals surface area (Å²) in [6.45, 7) is 1.01. The maximum Gasteiger partial charge on any atom is 0.240 e. The number of anilines is 2. The average Bonchev–Trinajstić information content (AvgIpc) is 3.14. The van der Waals surface area contributed by atoms with Crippen molar-refractivity contribution < 1.29 is 22.7 Å². The van der Waals surface area contributed by atoms with E-state index in [4.69, 9.17) is 16.3 Å². The Bertz CT molecular complexity index is 1030. The number of carbonyl (C=O) groups excluding carboxylic acids is 2. The SMILES string of the molecule is COCCCNS(=O)(=O)c1ccc(NC(=O)C2CC(=O)N(c3ccc(Cl)cc3)C2)cc1. The number of hydrogen-bond donors (Lipinski definition) is 2. The number of methoxy groups -OCH3 is 1. The van der Waals surface area contributed by atoms with E-state index >= 15 is 0 Å². The monoisotopic (exact) mass is 465 g/mol. The highest BCUT2D eigenvalue weighted by Gasteiger charge is 2.35. The first kappa shape index (κ1) is 23.2. The summed E-state index contributed by atoms with van der Waals surface area (Å²) < 4.78 is 31.9. The van der Waals surface area contributed by atoms with E-state index in [-0.39, 0.29) is 36.2 Å². The summed E-state index contributed by atoms with van der Waals surface area (Å²) in [6, 6.07) is 12.8. The Hall–Kier alpha value is -2.46. The molecule has 8 nitrogen and oxygen atoms in total. The van der Waals surface area contributed by atoms with Gasteiger partial charge in [-0.1, -0.05) is 11.6 Å². The number of benzene rings is 2. The van der Waals surface area contributed by atoms with Gasteiger partial charge in [0.05, 0.1) is 10.8 Å². The molecule has 2 aromatic rings. The van der Waals surface area contributed by atoms with Gasteiger partial charge in [-0.25, -0.2) is 13.1 Å². The number of amides is 2. The van der Waals surface area contributed by atoms with Crippen molar-refractivity contribution in [3.63, 3.8) is 0 Å². The Labute approximate surface area is 186 Å². The largest absolute Gasteiger partial charge is 0.385 e. The van der Waals surface area contributed by atoms with Crippen molar-refractivity contribution in [3.8, 4) is 0 Å². The lowest BCUT2D eigenvalue weighted by Crippen LogP contribution is -2.28. The minimum atomic E-state index is -3.63. The molecule has 1 fully saturated rings. The van der Waals surface area contributed by atoms with Crippen molar-refractivity contribution in [1.29, 1.82) is 0 Å². The second-order valence-electron chi connectivity index (χ2n) is 7.14. The van der Waals surface area contributed by atoms with Gasteiger partial charge in [0.1, 0.15) is 0 Å². The van der Waals surface area contributed by atoms with Crippen LogP contribution in [0.3, 0.4) is 0 Å². The molecule has 3 rings (SSSR count). The van der Waals surface area contributed by atoms with Gasteiger partial charge in [0.25, 0.3) is 0 Å². The predicted octanol–water partition coefficient (Wildman–Crippen LogP) is 2.65. The van der Waals surface area contributed by atoms with E-state index in [0.717, 1.165) is 0 Å². The highest BCUT2D eigenvalue weighted by Crippen LogP contribution is 2.27. The molecule has 1 aliphatic heterocycles. The molecule has 0 aliphatic carbocycles. The van der Waals surface area contributed by atoms with Gasteiger partial charge in [-0.2, -0.15) is 0 Å². The second-order valence-corrected chi connectivity index (χ2v) is 9.34. The topological polar surface area (TPSA) is 105 Å². The van der Waals surface area contributed by atoms with Crippen LogP contribution >= 0.6 is 11.6 Å². The Morgan fingerprint density at radius 3 is 2.48 bits per heavy atom. The first-order valence-electron chi connectivity index (χ1n) is 9.75. The normalized spacial score (nSPS) is 16.5. The maximum atomic E-state index is 12.6. The number of rotatable bonds is 9. The molecule has 10 heteroatoms. The van der Waals surface area contributed by atoms with Crippen molar-refractivity contribution >= 4 is 44.8 Å². The van der Waals surface area contributed by atoms with Gasteiger partial charge in [0, 0.05) is 49.6 Å². The van der Waals surface area contributed by atoms with Crippen molar-refractivity contribution in [3.05, 3.63) is 53.6 Å². The summed E-state index contributed by atoms with van der Waals surface area (Å²) in [5.41, 5.74) is 1.15. The molecule has 2 aromatic carbocycles. The molecule has 0 aromatic heterocycles. The molecule has 0 spiro atoms. The van der Waals surface area contributed by atoms with Crippen LogP contribution in [0.2, 0.25) is 5.02 Å². The van der Waals surface area contributed by atoms with Crippen molar-refractivity contribution in [2.45, 2.75) is 17.7 Å². The van der Waals surface area contributed by atoms with Crippen LogP contribution in [0.4, 0.5) is 11.4 Å². The molecule has 0 radical (unpaired) electrons. The molecular formula is C21H24ClN3O5S. The summed E-state index contributed by atoms with van der Waals surface area (Å²) in [5.74, 6) is -0.935. The predicted molar refractivity (Wildman–Crippen MR) is 119 cm³/mol. The minimum Gasteiger partial charge on any atom is -0.385 e. The summed E-state index contributed by atoms with van der Waals surface area (Å²) in [4.78, 5) is 26.6. The van der Waals surface area contributed by atoms with E-state index in [1.807, 2.05) is 0 Å². The van der Waals surface area contributed by atoms with Gasteiger partial charge >= 0.3 is 0 Å². The summed E-state index contributed by atoms with van der Waals surface area (Å²) in [5, 5.41) is 3.32. The summed E-state index contributed by atoms with van der Waals surface area (Å²) in [6.07, 6.45) is 0.670. The van der Waals surface area contributed by atoms with E-state index in [1.165, 1.54) is 24.3 Å². The lowest BCUT2D eigenvalue weighted by Gasteiger charge is -2.17. The molecule has 0 saturated carbocycles. The number of nitrogens with zero attached hydrogens (tertiary/aromatic N) is 1. The Morgan fingerprint density at radius 1 is 1.16 bits per heavy atom. The van der Waals surface area contributed by atoms with E-state index < -0.39 is 15.9 Å². The van der Waals surface area contributed by atoms with Crippen LogP contribution in [0.15, 0.2) is 53.4 Å². The van der Waals surface area contributed by atoms with Gasteiger partial charge in [-0.15, -0.1) is 0 Å². The van der Waals surface area contributed by atoms with Crippen molar-refractivity contribution in [1.82, 2.24) is 4.72 Å². The molecule has 1 saturated heterocycles. The zero-order valence-electron chi connectivity index (χ0n) is 17.0. The van der Waals surface area contributed by atoms with Gasteiger partial charge in [0.2, 0.25) is 21.8 Å². The van der Waals surface area contributed by atoms with Crippen LogP contribution < -0.4 is 14.9 Å². The van der Waals surface area contributed by atoms with Gasteiger partial charge in [-0.3, -0.25) is 9.59 Å². The average molecular weight is 466 g/mol. The quantitative estimate of drug-likeness (QED) is 0.554. The molecule has 31 heavy (non-hydrogen) atoms. The zero-order valence-corrected chi connectivity index (χ0v) is 18.6. The molecule has 1 heterocycles. The molecule has 1 atom stereocenters. The number of carbonyl (C=O) groups is 2. The van der Waals surface area contributed by atoms with E-state index in [1.54, 1.807) is 36.3 Å². The van der Waals surface area contributed by atoms with Crippen LogP contribution in [-0.4, -0.2) is 47.0 Å². The van der Waals surface area contributed by atoms with Crippen LogP contribution in [0, 0.1) is 5.92 Å². The Kier molecular flexibility index (Phi) is 7.66. The highest BCUT2D eigenvalue weighted by molar-refractivity contribution is 7.89. The highest BCUT2D eigenvalue weighted by atomic mass is 35.5. The van der Waals surface area contributed by atoms with Gasteiger partial charge < -0.3 is 15.0 Å². The second kappa shape index (κ2) is 10.2. The Morgan fingerprint density at radius 2 is 1.84 bits per heavy atom. The first-order valence-corrected chi connectivity index (χ1v) is 11.6. The standard InChI is InChI=1S/C21H24ClN3O5S/c1-30-12-2-11-23-31(28,29)19-9-5-17(6-10-19)24-21(27)15-13-20(26)25(14-15)18-7-3-16(22)4-8-18/h3-10,15,23H,2,11-14H2,1H3,(H,24,27). The van der Waals surface area contributed by atoms with Crippen molar-refractivity contribution in [2.24, 2.45) is 5.92 Å². The number of hydrogen-bond acceptors (Lipinski definition) is 5. The van der Waals surface area contributed by atoms with Crippen LogP contribution in [0.5, 0.6) is 0 Å². The number of nitrogens with one attached hydrogen (secondary N) is 2. The van der Waals surface area contributed by atoms with Crippen molar-refractivity contribution in [2.75, 3.05) is 37.0 Å². The smallest absolute Gasteiger partial charge is 0.240 e. The Balaban J connectivity index is 1.58. The molecular weight excluding hydrogens is 442 g/mol. The fourth-order valence-corrected chi connectivity index (χ4v) is 4.42. The first-order chi connectivity index (χ1) is 14.8. The van der Waals surface area contributed by atoms with E-state index in [2.05, 4.69) is 10.0 Å². The summed E-state index contributed by atoms with van der Waals surface area (Å²) in [7, 11) is -2.08. The number of halogens is 1.